The number of aromatic nitrogens is 4. The molecule has 4 N–H and O–H groups in total. The zero-order chi connectivity index (χ0) is 98.2. The fraction of sp³-hybridized carbons (Fsp3) is 0.600. The molecule has 138 heavy (non-hydrogen) atoms. The Labute approximate surface area is 820 Å². The summed E-state index contributed by atoms with van der Waals surface area (Å²) in [6, 6.07) is 14.2. The van der Waals surface area contributed by atoms with E-state index in [0.717, 1.165) is 110 Å². The molecule has 3 aliphatic carbocycles. The van der Waals surface area contributed by atoms with Crippen molar-refractivity contribution in [3.05, 3.63) is 114 Å². The quantitative estimate of drug-likeness (QED) is 0.00905. The van der Waals surface area contributed by atoms with Crippen molar-refractivity contribution in [2.45, 2.75) is 265 Å². The van der Waals surface area contributed by atoms with Crippen molar-refractivity contribution in [2.24, 2.45) is 35.5 Å². The van der Waals surface area contributed by atoms with Crippen LogP contribution in [0.4, 0.5) is 0 Å². The minimum absolute atomic E-state index is 0.00845. The lowest BCUT2D eigenvalue weighted by Gasteiger charge is -2.31. The van der Waals surface area contributed by atoms with E-state index in [2.05, 4.69) is 47.6 Å². The number of rotatable bonds is 45. The molecule has 32 nitrogen and oxygen atoms in total. The number of carbonyl (C=O) groups excluding carboxylic acids is 12. The zero-order valence-corrected chi connectivity index (χ0v) is 85.4. The van der Waals surface area contributed by atoms with E-state index in [0.29, 0.717) is 187 Å². The van der Waals surface area contributed by atoms with Gasteiger partial charge in [0.1, 0.15) is 36.3 Å². The summed E-state index contributed by atoms with van der Waals surface area (Å²) in [5.41, 5.74) is 4.08. The van der Waals surface area contributed by atoms with E-state index in [1.54, 1.807) is 47.2 Å². The first kappa shape index (κ1) is 106. The van der Waals surface area contributed by atoms with E-state index in [4.69, 9.17) is 47.9 Å². The Morgan fingerprint density at radius 1 is 0.478 bits per heavy atom. The van der Waals surface area contributed by atoms with E-state index in [-0.39, 0.29) is 214 Å². The molecule has 8 atom stereocenters. The third kappa shape index (κ3) is 25.1. The number of benzene rings is 2. The summed E-state index contributed by atoms with van der Waals surface area (Å²) in [6.07, 6.45) is 16.8. The van der Waals surface area contributed by atoms with Crippen molar-refractivity contribution in [3.63, 3.8) is 0 Å². The predicted octanol–water partition coefficient (Wildman–Crippen LogP) is 11.6. The number of cyclic esters (lactones) is 2. The van der Waals surface area contributed by atoms with Gasteiger partial charge in [0.15, 0.2) is 11.2 Å². The predicted molar refractivity (Wildman–Crippen MR) is 533 cm³/mol. The van der Waals surface area contributed by atoms with Crippen molar-refractivity contribution in [1.29, 1.82) is 0 Å². The number of nitrogens with one attached hydrogen (secondary N) is 2. The van der Waals surface area contributed by atoms with Crippen molar-refractivity contribution in [1.82, 2.24) is 39.5 Å². The number of thioether (sulfide) groups is 2. The number of hydrogen-bond acceptors (Lipinski definition) is 28. The van der Waals surface area contributed by atoms with Gasteiger partial charge in [-0.3, -0.25) is 67.3 Å². The molecule has 5 fully saturated rings. The van der Waals surface area contributed by atoms with Gasteiger partial charge in [-0.05, 0) is 199 Å². The summed E-state index contributed by atoms with van der Waals surface area (Å²) < 4.78 is 47.9. The van der Waals surface area contributed by atoms with Crippen LogP contribution in [0, 0.1) is 35.5 Å². The minimum atomic E-state index is -1.91. The molecule has 15 rings (SSSR count). The second-order valence-electron chi connectivity index (χ2n) is 37.5. The number of esters is 4. The monoisotopic (exact) mass is 2010 g/mol. The first-order valence-electron chi connectivity index (χ1n) is 49.0. The van der Waals surface area contributed by atoms with Gasteiger partial charge in [-0.25, -0.2) is 19.6 Å². The fourth-order valence-electron chi connectivity index (χ4n) is 20.6. The number of ketones is 2. The summed E-state index contributed by atoms with van der Waals surface area (Å²) in [5.74, 6) is -1.20. The number of amides is 6. The first-order valence-corrected chi connectivity index (χ1v) is 53.5. The molecule has 9 aliphatic rings. The van der Waals surface area contributed by atoms with Gasteiger partial charge < -0.3 is 67.9 Å². The summed E-state index contributed by atoms with van der Waals surface area (Å²) in [7, 11) is 10.4. The van der Waals surface area contributed by atoms with Crippen molar-refractivity contribution in [2.75, 3.05) is 79.0 Å². The molecule has 746 valence electrons. The number of nitrogens with zero attached hydrogens (tertiary/aromatic N) is 6. The number of Topliss-reactive ketones (excluding diaryl/α,β-unsaturated/α-hetero) is 2. The van der Waals surface area contributed by atoms with Crippen LogP contribution in [-0.2, 0) is 136 Å². The Hall–Kier alpha value is -8.22. The maximum absolute atomic E-state index is 13.7. The molecule has 2 aromatic carbocycles. The number of hydrogen-bond donors (Lipinski definition) is 4. The summed E-state index contributed by atoms with van der Waals surface area (Å²) in [4.78, 5) is 192. The lowest BCUT2D eigenvalue weighted by molar-refractivity contribution is -0.172. The number of likely N-dealkylation sites (tertiary alicyclic amines) is 2. The number of unbranched alkanes of at least 4 members (excludes halogenated alkanes) is 3. The maximum atomic E-state index is 13.7. The van der Waals surface area contributed by atoms with Crippen molar-refractivity contribution >= 4 is 153 Å². The van der Waals surface area contributed by atoms with Crippen LogP contribution in [0.2, 0.25) is 0 Å². The highest BCUT2D eigenvalue weighted by molar-refractivity contribution is 8.08. The van der Waals surface area contributed by atoms with Crippen molar-refractivity contribution in [3.8, 4) is 34.3 Å². The van der Waals surface area contributed by atoms with E-state index in [1.807, 2.05) is 38.1 Å². The molecule has 6 aliphatic heterocycles. The smallest absolute Gasteiger partial charge is 0.343 e. The molecule has 0 radical (unpaired) electrons. The zero-order valence-electron chi connectivity index (χ0n) is 79.2. The third-order valence-corrected chi connectivity index (χ3v) is 32.5. The Morgan fingerprint density at radius 2 is 0.899 bits per heavy atom. The van der Waals surface area contributed by atoms with Gasteiger partial charge in [-0.2, -0.15) is 0 Å². The number of ether oxygens (including phenoxy) is 8. The van der Waals surface area contributed by atoms with Gasteiger partial charge in [0.25, 0.3) is 11.1 Å². The number of imide groups is 2. The number of aliphatic hydroxyl groups is 2. The Balaban J connectivity index is 0.000000221. The number of carbonyl (C=O) groups is 12. The largest absolute Gasteiger partial charge is 0.458 e. The Bertz CT molecular complexity index is 5700. The molecule has 2 saturated heterocycles. The topological polar surface area (TPSA) is 419 Å². The highest BCUT2D eigenvalue weighted by Crippen LogP contribution is 2.46. The van der Waals surface area contributed by atoms with Crippen LogP contribution in [0.1, 0.15) is 239 Å². The van der Waals surface area contributed by atoms with Crippen LogP contribution in [0.3, 0.4) is 0 Å². The third-order valence-electron chi connectivity index (χ3n) is 28.6. The van der Waals surface area contributed by atoms with Gasteiger partial charge in [0.05, 0.1) is 127 Å². The average molecular weight is 2020 g/mol. The van der Waals surface area contributed by atoms with Crippen LogP contribution < -0.4 is 31.2 Å². The maximum Gasteiger partial charge on any atom is 0.343 e. The van der Waals surface area contributed by atoms with E-state index in [1.165, 1.54) is 33.3 Å². The minimum Gasteiger partial charge on any atom is -0.458 e. The SMILES string of the molecule is CCc1c2c(nc3ccc(OC(=O)C4CCC(CNC(=O)CCCCCCC(=O)C5CCC(CN6C(=O)CC(SC(P)P)C6=O)CC5)CC4)cc13)-c1cc3c(c(=O)n1C2)COC(=O)[C@]3(O)CC.CCc1c2c(nc3ccc(OC(=O)C4CCC(CNC(=O)CCOCCOCCOCCOCCCC(=O)CCN5C(=O)CC(SC(P)P)C5=O)CC4)cc13)-c1cc3c(c(=O)n1C2)COC(=O)[C@]3(O)CC. The average Bonchev–Trinajstić information content (AvgIpc) is 1.56. The van der Waals surface area contributed by atoms with Crippen molar-refractivity contribution < 1.29 is 106 Å². The normalized spacial score (nSPS) is 22.6. The van der Waals surface area contributed by atoms with Crippen LogP contribution in [0.5, 0.6) is 11.5 Å². The Morgan fingerprint density at radius 3 is 1.36 bits per heavy atom. The standard InChI is InChI=1S/C50H66N4O14P2S.C50H64N4O10P2S/c1-3-34-35-24-33(11-12-39(35)52-44-36(34)28-54-40(44)25-38-37(45(54)58)29-67-48(61)50(38,62)4-2)68-47(60)31-9-7-30(8-10-31)27-51-42(56)14-17-64-19-21-66-23-22-65-20-18-63-16-5-6-32(55)13-15-53-43(57)26-41(46(53)59)71-49(69)70;1-3-33-34-21-32(19-20-38(34)52-44-35(33)26-53-39(44)22-37-36(45(53)58)27-63-48(61)50(37,62)4-2)64-47(60)31-17-11-28(12-18-31)24-51-42(56)10-8-6-5-7-9-40(55)30-15-13-29(14-16-30)25-54-43(57)23-41(46(54)59)67-49(65)66/h11-12,24-25,30-31,41,49,62H,3-10,13-23,26-29,69-70H2,1-2H3,(H,51,56);19-22,28-31,41,49,62H,3-18,23-27,65-66H2,1-2H3,(H,51,56)/t30?,31?,41?,50-;28?,29?,30?,31?,41?,50-/m00/s1. The molecule has 38 heteroatoms. The Kier molecular flexibility index (Phi) is 37.3. The lowest BCUT2D eigenvalue weighted by atomic mass is 9.79. The highest BCUT2D eigenvalue weighted by atomic mass is 32.2. The summed E-state index contributed by atoms with van der Waals surface area (Å²) in [5, 5.41) is 29.6. The molecule has 6 aromatic rings. The molecule has 0 bridgehead atoms. The molecular weight excluding hydrogens is 1890 g/mol. The van der Waals surface area contributed by atoms with Crippen LogP contribution in [0.25, 0.3) is 44.6 Å². The molecule has 6 amide bonds. The number of pyridine rings is 4. The lowest BCUT2D eigenvalue weighted by Crippen LogP contribution is -2.44. The summed E-state index contributed by atoms with van der Waals surface area (Å²) in [6.45, 7) is 12.3. The van der Waals surface area contributed by atoms with Gasteiger partial charge in [0.2, 0.25) is 35.4 Å². The van der Waals surface area contributed by atoms with Gasteiger partial charge in [-0.15, -0.1) is 60.5 Å². The molecule has 0 spiro atoms. The van der Waals surface area contributed by atoms with Crippen LogP contribution >= 0.6 is 60.5 Å². The molecule has 4 aromatic heterocycles. The first-order chi connectivity index (χ1) is 66.4. The number of fused-ring (bicyclic) bond motifs is 10. The van der Waals surface area contributed by atoms with Gasteiger partial charge in [0, 0.05) is 126 Å². The van der Waals surface area contributed by atoms with Crippen LogP contribution in [-0.4, -0.2) is 209 Å². The van der Waals surface area contributed by atoms with Gasteiger partial charge in [-0.1, -0.05) is 40.5 Å². The summed E-state index contributed by atoms with van der Waals surface area (Å²) >= 11 is 2.91. The van der Waals surface area contributed by atoms with Gasteiger partial charge >= 0.3 is 23.9 Å². The number of aryl methyl sites for hydroxylation is 2. The molecule has 3 saturated carbocycles. The van der Waals surface area contributed by atoms with E-state index < -0.39 is 23.1 Å². The van der Waals surface area contributed by atoms with Crippen LogP contribution in [0.15, 0.2) is 58.1 Å². The van der Waals surface area contributed by atoms with E-state index >= 15 is 0 Å². The second-order valence-corrected chi connectivity index (χ2v) is 46.6. The fourth-order valence-corrected chi connectivity index (χ4v) is 24.6. The second kappa shape index (κ2) is 48.7. The molecule has 6 unspecified atom stereocenters. The van der Waals surface area contributed by atoms with E-state index in [9.17, 15) is 77.3 Å². The highest BCUT2D eigenvalue weighted by Gasteiger charge is 2.49. The molecule has 10 heterocycles. The molecular formula is C100H130N8O24P4S2.